The second kappa shape index (κ2) is 8.40. The number of methoxy groups -OCH3 is 1. The molecule has 0 saturated heterocycles. The highest BCUT2D eigenvalue weighted by molar-refractivity contribution is 5.78. The van der Waals surface area contributed by atoms with E-state index in [1.807, 2.05) is 36.4 Å². The summed E-state index contributed by atoms with van der Waals surface area (Å²) in [5, 5.41) is 12.6. The Kier molecular flexibility index (Phi) is 5.76. The first-order chi connectivity index (χ1) is 13.1. The summed E-state index contributed by atoms with van der Waals surface area (Å²) in [6.45, 7) is 2.23. The number of hydrogen-bond donors (Lipinski definition) is 2. The van der Waals surface area contributed by atoms with Gasteiger partial charge in [-0.1, -0.05) is 24.3 Å². The number of nitrogens with one attached hydrogen (secondary N) is 1. The topological polar surface area (TPSA) is 84.6 Å². The van der Waals surface area contributed by atoms with Crippen molar-refractivity contribution in [3.63, 3.8) is 0 Å². The molecule has 0 radical (unpaired) electrons. The Labute approximate surface area is 157 Å². The summed E-state index contributed by atoms with van der Waals surface area (Å²) in [5.41, 5.74) is 2.20. The first-order valence-corrected chi connectivity index (χ1v) is 8.71. The van der Waals surface area contributed by atoms with Crippen LogP contribution in [0.25, 0.3) is 11.5 Å². The molecule has 0 spiro atoms. The van der Waals surface area contributed by atoms with Crippen molar-refractivity contribution < 1.29 is 19.1 Å². The van der Waals surface area contributed by atoms with Gasteiger partial charge in [0.05, 0.1) is 19.2 Å². The van der Waals surface area contributed by atoms with E-state index in [1.165, 1.54) is 0 Å². The molecule has 0 bridgehead atoms. The van der Waals surface area contributed by atoms with Crippen molar-refractivity contribution in [3.05, 3.63) is 65.5 Å². The molecule has 140 valence electrons. The number of hydrogen-bond acceptors (Lipinski definition) is 5. The quantitative estimate of drug-likeness (QED) is 0.670. The van der Waals surface area contributed by atoms with Gasteiger partial charge in [-0.2, -0.15) is 0 Å². The average Bonchev–Trinajstić information content (AvgIpc) is 3.04. The number of aryl methyl sites for hydroxylation is 1. The Morgan fingerprint density at radius 3 is 2.81 bits per heavy atom. The van der Waals surface area contributed by atoms with Crippen LogP contribution in [0.2, 0.25) is 0 Å². The number of aromatic hydroxyl groups is 1. The predicted octanol–water partition coefficient (Wildman–Crippen LogP) is 3.27. The van der Waals surface area contributed by atoms with Gasteiger partial charge in [0, 0.05) is 12.1 Å². The maximum absolute atomic E-state index is 12.2. The van der Waals surface area contributed by atoms with Crippen molar-refractivity contribution in [1.29, 1.82) is 0 Å². The standard InChI is InChI=1S/C21H22N2O4/c1-14-18(23-21(27-14)16-7-5-8-17(12-16)26-2)13-20(25)22-11-10-15-6-3-4-9-19(15)24/h3-9,12,24H,10-11,13H2,1-2H3,(H,22,25). The molecule has 0 fully saturated rings. The molecule has 6 heteroatoms. The zero-order chi connectivity index (χ0) is 19.2. The fourth-order valence-corrected chi connectivity index (χ4v) is 2.75. The zero-order valence-corrected chi connectivity index (χ0v) is 15.4. The van der Waals surface area contributed by atoms with Gasteiger partial charge in [0.1, 0.15) is 17.3 Å². The number of phenols is 1. The minimum Gasteiger partial charge on any atom is -0.508 e. The Balaban J connectivity index is 1.59. The van der Waals surface area contributed by atoms with Crippen molar-refractivity contribution >= 4 is 5.91 Å². The van der Waals surface area contributed by atoms with E-state index in [-0.39, 0.29) is 18.1 Å². The molecular formula is C21H22N2O4. The number of para-hydroxylation sites is 1. The number of oxazole rings is 1. The Hall–Kier alpha value is -3.28. The van der Waals surface area contributed by atoms with Crippen LogP contribution >= 0.6 is 0 Å². The number of phenolic OH excluding ortho intramolecular Hbond substituents is 1. The summed E-state index contributed by atoms with van der Waals surface area (Å²) in [5.74, 6) is 1.89. The molecule has 3 rings (SSSR count). The van der Waals surface area contributed by atoms with Crippen molar-refractivity contribution in [2.45, 2.75) is 19.8 Å². The summed E-state index contributed by atoms with van der Waals surface area (Å²) in [7, 11) is 1.60. The lowest BCUT2D eigenvalue weighted by molar-refractivity contribution is -0.120. The number of rotatable bonds is 7. The van der Waals surface area contributed by atoms with E-state index < -0.39 is 0 Å². The summed E-state index contributed by atoms with van der Waals surface area (Å²) < 4.78 is 10.9. The van der Waals surface area contributed by atoms with Gasteiger partial charge in [-0.25, -0.2) is 4.98 Å². The first-order valence-electron chi connectivity index (χ1n) is 8.71. The summed E-state index contributed by atoms with van der Waals surface area (Å²) in [6.07, 6.45) is 0.700. The number of carbonyl (C=O) groups is 1. The number of benzene rings is 2. The largest absolute Gasteiger partial charge is 0.508 e. The minimum absolute atomic E-state index is 0.139. The molecule has 0 aliphatic carbocycles. The monoisotopic (exact) mass is 366 g/mol. The molecule has 27 heavy (non-hydrogen) atoms. The second-order valence-electron chi connectivity index (χ2n) is 6.16. The zero-order valence-electron chi connectivity index (χ0n) is 15.4. The Bertz CT molecular complexity index is 933. The van der Waals surface area contributed by atoms with Crippen LogP contribution in [0.1, 0.15) is 17.0 Å². The molecule has 1 aromatic heterocycles. The van der Waals surface area contributed by atoms with Crippen molar-refractivity contribution in [3.8, 4) is 23.0 Å². The van der Waals surface area contributed by atoms with Gasteiger partial charge in [-0.05, 0) is 43.2 Å². The van der Waals surface area contributed by atoms with Crippen molar-refractivity contribution in [2.75, 3.05) is 13.7 Å². The van der Waals surface area contributed by atoms with Crippen LogP contribution in [0, 0.1) is 6.92 Å². The molecule has 6 nitrogen and oxygen atoms in total. The fourth-order valence-electron chi connectivity index (χ4n) is 2.75. The molecule has 2 N–H and O–H groups in total. The minimum atomic E-state index is -0.140. The van der Waals surface area contributed by atoms with Crippen LogP contribution in [-0.4, -0.2) is 29.7 Å². The number of nitrogens with zero attached hydrogens (tertiary/aromatic N) is 1. The smallest absolute Gasteiger partial charge is 0.226 e. The molecule has 0 aliphatic rings. The van der Waals surface area contributed by atoms with Gasteiger partial charge in [0.2, 0.25) is 11.8 Å². The Morgan fingerprint density at radius 2 is 2.04 bits per heavy atom. The maximum atomic E-state index is 12.2. The molecular weight excluding hydrogens is 344 g/mol. The van der Waals surface area contributed by atoms with Crippen LogP contribution in [0.3, 0.4) is 0 Å². The third-order valence-corrected chi connectivity index (χ3v) is 4.25. The molecule has 0 atom stereocenters. The highest BCUT2D eigenvalue weighted by Crippen LogP contribution is 2.25. The van der Waals surface area contributed by atoms with Gasteiger partial charge in [0.15, 0.2) is 0 Å². The molecule has 3 aromatic rings. The Morgan fingerprint density at radius 1 is 1.22 bits per heavy atom. The lowest BCUT2D eigenvalue weighted by atomic mass is 10.1. The van der Waals surface area contributed by atoms with Gasteiger partial charge < -0.3 is 19.6 Å². The lowest BCUT2D eigenvalue weighted by Crippen LogP contribution is -2.27. The van der Waals surface area contributed by atoms with E-state index >= 15 is 0 Å². The van der Waals surface area contributed by atoms with E-state index in [9.17, 15) is 9.90 Å². The number of aromatic nitrogens is 1. The van der Waals surface area contributed by atoms with Crippen LogP contribution in [0.15, 0.2) is 52.9 Å². The third kappa shape index (κ3) is 4.67. The maximum Gasteiger partial charge on any atom is 0.226 e. The van der Waals surface area contributed by atoms with Crippen molar-refractivity contribution in [2.24, 2.45) is 0 Å². The summed E-state index contributed by atoms with van der Waals surface area (Å²) >= 11 is 0. The summed E-state index contributed by atoms with van der Waals surface area (Å²) in [4.78, 5) is 16.7. The van der Waals surface area contributed by atoms with E-state index in [2.05, 4.69) is 10.3 Å². The van der Waals surface area contributed by atoms with Crippen LogP contribution in [0.4, 0.5) is 0 Å². The van der Waals surface area contributed by atoms with Gasteiger partial charge in [-0.15, -0.1) is 0 Å². The highest BCUT2D eigenvalue weighted by Gasteiger charge is 2.15. The van der Waals surface area contributed by atoms with Crippen LogP contribution in [0.5, 0.6) is 11.5 Å². The van der Waals surface area contributed by atoms with E-state index in [0.717, 1.165) is 11.1 Å². The van der Waals surface area contributed by atoms with Gasteiger partial charge >= 0.3 is 0 Å². The highest BCUT2D eigenvalue weighted by atomic mass is 16.5. The molecule has 1 heterocycles. The predicted molar refractivity (Wildman–Crippen MR) is 102 cm³/mol. The fraction of sp³-hybridized carbons (Fsp3) is 0.238. The van der Waals surface area contributed by atoms with E-state index in [1.54, 1.807) is 26.2 Å². The number of carbonyl (C=O) groups excluding carboxylic acids is 1. The average molecular weight is 366 g/mol. The first kappa shape index (κ1) is 18.5. The summed E-state index contributed by atoms with van der Waals surface area (Å²) in [6, 6.07) is 14.5. The molecule has 2 aromatic carbocycles. The number of ether oxygens (including phenoxy) is 1. The van der Waals surface area contributed by atoms with Gasteiger partial charge in [-0.3, -0.25) is 4.79 Å². The second-order valence-corrected chi connectivity index (χ2v) is 6.16. The van der Waals surface area contributed by atoms with E-state index in [4.69, 9.17) is 9.15 Å². The lowest BCUT2D eigenvalue weighted by Gasteiger charge is -2.06. The molecule has 0 unspecified atom stereocenters. The molecule has 0 aliphatic heterocycles. The SMILES string of the molecule is COc1cccc(-c2nc(CC(=O)NCCc3ccccc3O)c(C)o2)c1. The van der Waals surface area contributed by atoms with E-state index in [0.29, 0.717) is 36.1 Å². The third-order valence-electron chi connectivity index (χ3n) is 4.25. The normalized spacial score (nSPS) is 10.6. The van der Waals surface area contributed by atoms with Gasteiger partial charge in [0.25, 0.3) is 0 Å². The molecule has 0 saturated carbocycles. The molecule has 1 amide bonds. The number of amides is 1. The van der Waals surface area contributed by atoms with Crippen LogP contribution < -0.4 is 10.1 Å². The van der Waals surface area contributed by atoms with Crippen molar-refractivity contribution in [1.82, 2.24) is 10.3 Å². The van der Waals surface area contributed by atoms with Crippen LogP contribution in [-0.2, 0) is 17.6 Å².